The van der Waals surface area contributed by atoms with Gasteiger partial charge in [-0.25, -0.2) is 0 Å². The van der Waals surface area contributed by atoms with Gasteiger partial charge in [-0.2, -0.15) is 0 Å². The highest BCUT2D eigenvalue weighted by atomic mass is 16.5. The monoisotopic (exact) mass is 708 g/mol. The van der Waals surface area contributed by atoms with Crippen LogP contribution in [0.5, 0.6) is 23.0 Å². The Kier molecular flexibility index (Phi) is 13.5. The van der Waals surface area contributed by atoms with Crippen LogP contribution in [0.1, 0.15) is 86.0 Å². The molecular formula is C42H52N4O6. The lowest BCUT2D eigenvalue weighted by atomic mass is 9.96. The maximum absolute atomic E-state index is 12.4. The highest BCUT2D eigenvalue weighted by molar-refractivity contribution is 5.78. The first kappa shape index (κ1) is 38.2. The molecule has 0 bridgehead atoms. The van der Waals surface area contributed by atoms with Crippen molar-refractivity contribution in [2.45, 2.75) is 75.8 Å². The molecular weight excluding hydrogens is 656 g/mol. The molecule has 2 aliphatic rings. The fourth-order valence-corrected chi connectivity index (χ4v) is 6.91. The molecule has 0 spiro atoms. The lowest BCUT2D eigenvalue weighted by Gasteiger charge is -2.28. The average molecular weight is 709 g/mol. The van der Waals surface area contributed by atoms with Crippen molar-refractivity contribution in [3.8, 4) is 23.0 Å². The van der Waals surface area contributed by atoms with E-state index in [1.54, 1.807) is 28.4 Å². The normalized spacial score (nSPS) is 23.0. The Labute approximate surface area is 307 Å². The summed E-state index contributed by atoms with van der Waals surface area (Å²) in [4.78, 5) is 24.9. The lowest BCUT2D eigenvalue weighted by Crippen LogP contribution is -2.40. The molecule has 2 amide bonds. The minimum absolute atomic E-state index is 0.0319. The number of ether oxygens (including phenoxy) is 4. The summed E-state index contributed by atoms with van der Waals surface area (Å²) in [5, 5.41) is 13.7. The Morgan fingerprint density at radius 3 is 0.981 bits per heavy atom. The van der Waals surface area contributed by atoms with E-state index in [0.717, 1.165) is 58.1 Å². The highest BCUT2D eigenvalue weighted by Gasteiger charge is 2.33. The van der Waals surface area contributed by atoms with Gasteiger partial charge in [0.25, 0.3) is 0 Å². The quantitative estimate of drug-likeness (QED) is 0.143. The molecule has 2 saturated heterocycles. The molecule has 52 heavy (non-hydrogen) atoms. The molecule has 2 heterocycles. The second-order valence-electron chi connectivity index (χ2n) is 13.1. The van der Waals surface area contributed by atoms with Crippen molar-refractivity contribution in [2.75, 3.05) is 28.4 Å². The first-order chi connectivity index (χ1) is 25.3. The van der Waals surface area contributed by atoms with Crippen LogP contribution >= 0.6 is 0 Å². The van der Waals surface area contributed by atoms with Crippen LogP contribution in [0.25, 0.3) is 0 Å². The molecule has 0 radical (unpaired) electrons. The topological polar surface area (TPSA) is 119 Å². The van der Waals surface area contributed by atoms with Crippen molar-refractivity contribution >= 4 is 11.8 Å². The minimum Gasteiger partial charge on any atom is -0.497 e. The van der Waals surface area contributed by atoms with Crippen molar-refractivity contribution in [3.63, 3.8) is 0 Å². The maximum Gasteiger partial charge on any atom is 0.222 e. The first-order valence-corrected chi connectivity index (χ1v) is 18.0. The molecule has 6 atom stereocenters. The maximum atomic E-state index is 12.4. The smallest absolute Gasteiger partial charge is 0.222 e. The number of carbonyl (C=O) groups excluding carboxylic acids is 2. The second-order valence-corrected chi connectivity index (χ2v) is 13.1. The minimum atomic E-state index is -0.0513. The molecule has 4 aromatic rings. The predicted molar refractivity (Wildman–Crippen MR) is 203 cm³/mol. The van der Waals surface area contributed by atoms with Crippen LogP contribution < -0.4 is 40.2 Å². The van der Waals surface area contributed by atoms with E-state index < -0.39 is 0 Å². The summed E-state index contributed by atoms with van der Waals surface area (Å²) in [6, 6.07) is 31.9. The van der Waals surface area contributed by atoms with E-state index in [-0.39, 0.29) is 48.1 Å². The standard InChI is InChI=1S/2C21H26N2O3/c2*1-4-18-21(15-7-11-17(26-3)12-8-15)23-19(13-20(24)22-18)14-5-9-16(25-2)10-6-14/h2*5-12,18-19,21,23H,4,13H2,1-3H3,(H,22,24)/t2*18-,19-,21-/m10/s1. The Hall–Kier alpha value is -5.06. The third-order valence-electron chi connectivity index (χ3n) is 9.90. The molecule has 6 rings (SSSR count). The molecule has 2 aliphatic heterocycles. The lowest BCUT2D eigenvalue weighted by molar-refractivity contribution is -0.122. The van der Waals surface area contributed by atoms with Gasteiger partial charge in [0.15, 0.2) is 0 Å². The molecule has 0 aromatic heterocycles. The number of hydrogen-bond acceptors (Lipinski definition) is 8. The van der Waals surface area contributed by atoms with E-state index in [1.165, 1.54) is 0 Å². The van der Waals surface area contributed by atoms with Crippen molar-refractivity contribution in [2.24, 2.45) is 0 Å². The molecule has 0 saturated carbocycles. The summed E-state index contributed by atoms with van der Waals surface area (Å²) in [7, 11) is 6.62. The van der Waals surface area contributed by atoms with E-state index in [0.29, 0.717) is 12.8 Å². The van der Waals surface area contributed by atoms with Crippen molar-refractivity contribution in [1.82, 2.24) is 21.3 Å². The number of benzene rings is 4. The number of methoxy groups -OCH3 is 4. The molecule has 10 nitrogen and oxygen atoms in total. The summed E-state index contributed by atoms with van der Waals surface area (Å²) in [6.07, 6.45) is 2.53. The van der Waals surface area contributed by atoms with Gasteiger partial charge in [-0.3, -0.25) is 9.59 Å². The zero-order valence-corrected chi connectivity index (χ0v) is 31.0. The number of amides is 2. The van der Waals surface area contributed by atoms with Gasteiger partial charge >= 0.3 is 0 Å². The fraction of sp³-hybridized carbons (Fsp3) is 0.381. The zero-order chi connectivity index (χ0) is 37.0. The molecule has 4 aromatic carbocycles. The largest absolute Gasteiger partial charge is 0.497 e. The van der Waals surface area contributed by atoms with Gasteiger partial charge in [0, 0.05) is 37.0 Å². The summed E-state index contributed by atoms with van der Waals surface area (Å²) in [6.45, 7) is 4.19. The summed E-state index contributed by atoms with van der Waals surface area (Å²) < 4.78 is 21.0. The molecule has 0 aliphatic carbocycles. The zero-order valence-electron chi connectivity index (χ0n) is 31.0. The number of nitrogens with one attached hydrogen (secondary N) is 4. The van der Waals surface area contributed by atoms with Crippen LogP contribution in [0.3, 0.4) is 0 Å². The molecule has 4 N–H and O–H groups in total. The van der Waals surface area contributed by atoms with E-state index in [1.807, 2.05) is 72.8 Å². The summed E-state index contributed by atoms with van der Waals surface area (Å²) >= 11 is 0. The highest BCUT2D eigenvalue weighted by Crippen LogP contribution is 2.32. The average Bonchev–Trinajstić information content (AvgIpc) is 3.48. The van der Waals surface area contributed by atoms with Gasteiger partial charge in [-0.05, 0) is 83.6 Å². The van der Waals surface area contributed by atoms with Crippen LogP contribution in [0, 0.1) is 0 Å². The van der Waals surface area contributed by atoms with Gasteiger partial charge in [-0.1, -0.05) is 62.4 Å². The van der Waals surface area contributed by atoms with E-state index in [4.69, 9.17) is 18.9 Å². The summed E-state index contributed by atoms with van der Waals surface area (Å²) in [5.74, 6) is 3.41. The third-order valence-corrected chi connectivity index (χ3v) is 9.90. The molecule has 276 valence electrons. The van der Waals surface area contributed by atoms with Gasteiger partial charge in [0.05, 0.1) is 40.5 Å². The van der Waals surface area contributed by atoms with Gasteiger partial charge in [-0.15, -0.1) is 0 Å². The third kappa shape index (κ3) is 9.63. The van der Waals surface area contributed by atoms with Crippen molar-refractivity contribution < 1.29 is 28.5 Å². The Morgan fingerprint density at radius 2 is 0.731 bits per heavy atom. The van der Waals surface area contributed by atoms with Crippen molar-refractivity contribution in [1.29, 1.82) is 0 Å². The van der Waals surface area contributed by atoms with E-state index >= 15 is 0 Å². The van der Waals surface area contributed by atoms with Crippen molar-refractivity contribution in [3.05, 3.63) is 119 Å². The van der Waals surface area contributed by atoms with Gasteiger partial charge in [0.2, 0.25) is 11.8 Å². The van der Waals surface area contributed by atoms with Gasteiger partial charge in [0.1, 0.15) is 23.0 Å². The molecule has 10 heteroatoms. The number of hydrogen-bond donors (Lipinski definition) is 4. The number of carbonyl (C=O) groups is 2. The summed E-state index contributed by atoms with van der Waals surface area (Å²) in [5.41, 5.74) is 4.43. The Morgan fingerprint density at radius 1 is 0.462 bits per heavy atom. The molecule has 0 unspecified atom stereocenters. The van der Waals surface area contributed by atoms with Crippen LogP contribution in [0.4, 0.5) is 0 Å². The van der Waals surface area contributed by atoms with Crippen LogP contribution in [-0.2, 0) is 9.59 Å². The van der Waals surface area contributed by atoms with Gasteiger partial charge < -0.3 is 40.2 Å². The van der Waals surface area contributed by atoms with E-state index in [2.05, 4.69) is 59.4 Å². The van der Waals surface area contributed by atoms with Crippen LogP contribution in [-0.4, -0.2) is 52.3 Å². The van der Waals surface area contributed by atoms with E-state index in [9.17, 15) is 9.59 Å². The molecule has 2 fully saturated rings. The van der Waals surface area contributed by atoms with Crippen LogP contribution in [0.15, 0.2) is 97.1 Å². The SMILES string of the molecule is CC[C@@H]1NC(=O)C[C@@H](c2ccc(OC)cc2)N[C@H]1c1ccc(OC)cc1.CC[C@H]1NC(=O)C[C@H](c2ccc(OC)cc2)N[C@@H]1c1ccc(OC)cc1. The fourth-order valence-electron chi connectivity index (χ4n) is 6.91. The Bertz CT molecular complexity index is 1580. The second kappa shape index (κ2) is 18.4. The van der Waals surface area contributed by atoms with Crippen LogP contribution in [0.2, 0.25) is 0 Å². The predicted octanol–water partition coefficient (Wildman–Crippen LogP) is 6.75. The Balaban J connectivity index is 0.000000201. The first-order valence-electron chi connectivity index (χ1n) is 18.0. The number of rotatable bonds is 10.